The fourth-order valence-electron chi connectivity index (χ4n) is 0. The van der Waals surface area contributed by atoms with Gasteiger partial charge in [-0.1, -0.05) is 0 Å². The molecule has 0 amide bonds. The van der Waals surface area contributed by atoms with Gasteiger partial charge in [0.25, 0.3) is 0 Å². The molecule has 0 aromatic carbocycles. The third-order valence-electron chi connectivity index (χ3n) is 0.177. The Morgan fingerprint density at radius 3 is 2.00 bits per heavy atom. The van der Waals surface area contributed by atoms with Crippen LogP contribution in [0.1, 0.15) is 0 Å². The molecule has 0 aliphatic carbocycles. The SMILES string of the molecule is CNC[NH-].[Y]. The molecule has 3 heteroatoms. The van der Waals surface area contributed by atoms with Crippen LogP contribution in [0.3, 0.4) is 0 Å². The van der Waals surface area contributed by atoms with Gasteiger partial charge in [-0.3, -0.25) is 0 Å². The first-order valence-corrected chi connectivity index (χ1v) is 1.21. The minimum absolute atomic E-state index is 0. The Bertz CT molecular complexity index is 9.61. The van der Waals surface area contributed by atoms with Gasteiger partial charge in [-0.15, -0.1) is 6.67 Å². The van der Waals surface area contributed by atoms with Gasteiger partial charge in [0.15, 0.2) is 0 Å². The molecule has 0 aromatic rings. The Morgan fingerprint density at radius 1 is 1.80 bits per heavy atom. The van der Waals surface area contributed by atoms with Gasteiger partial charge in [0, 0.05) is 32.7 Å². The molecule has 29 valence electrons. The van der Waals surface area contributed by atoms with Crippen molar-refractivity contribution in [3.63, 3.8) is 0 Å². The topological polar surface area (TPSA) is 35.8 Å². The second kappa shape index (κ2) is 8.90. The van der Waals surface area contributed by atoms with Crippen molar-refractivity contribution in [2.75, 3.05) is 13.7 Å². The number of rotatable bonds is 1. The van der Waals surface area contributed by atoms with Crippen molar-refractivity contribution in [1.29, 1.82) is 0 Å². The van der Waals surface area contributed by atoms with E-state index in [1.54, 1.807) is 7.05 Å². The van der Waals surface area contributed by atoms with Crippen LogP contribution in [0.25, 0.3) is 5.73 Å². The van der Waals surface area contributed by atoms with Gasteiger partial charge >= 0.3 is 0 Å². The summed E-state index contributed by atoms with van der Waals surface area (Å²) in [6, 6.07) is 0. The fourth-order valence-corrected chi connectivity index (χ4v) is 0. The summed E-state index contributed by atoms with van der Waals surface area (Å²) in [5.74, 6) is 0. The average Bonchev–Trinajstić information content (AvgIpc) is 1.37. The van der Waals surface area contributed by atoms with Gasteiger partial charge in [0.1, 0.15) is 0 Å². The summed E-state index contributed by atoms with van der Waals surface area (Å²) in [5, 5.41) is 2.60. The number of hydrogen-bond donors (Lipinski definition) is 1. The van der Waals surface area contributed by atoms with Gasteiger partial charge < -0.3 is 11.1 Å². The van der Waals surface area contributed by atoms with Crippen molar-refractivity contribution < 1.29 is 32.7 Å². The van der Waals surface area contributed by atoms with E-state index in [2.05, 4.69) is 5.32 Å². The van der Waals surface area contributed by atoms with E-state index in [0.717, 1.165) is 0 Å². The van der Waals surface area contributed by atoms with Crippen LogP contribution in [-0.4, -0.2) is 13.7 Å². The third-order valence-corrected chi connectivity index (χ3v) is 0.177. The maximum Gasteiger partial charge on any atom is 0 e. The Kier molecular flexibility index (Phi) is 16.7. The Labute approximate surface area is 57.4 Å². The van der Waals surface area contributed by atoms with Crippen LogP contribution in [-0.2, 0) is 32.7 Å². The Morgan fingerprint density at radius 2 is 2.00 bits per heavy atom. The summed E-state index contributed by atoms with van der Waals surface area (Å²) >= 11 is 0. The van der Waals surface area contributed by atoms with Gasteiger partial charge in [-0.25, -0.2) is 0 Å². The maximum absolute atomic E-state index is 6.34. The Hall–Kier alpha value is 1.02. The minimum atomic E-state index is 0. The van der Waals surface area contributed by atoms with E-state index in [1.165, 1.54) is 0 Å². The predicted molar refractivity (Wildman–Crippen MR) is 18.2 cm³/mol. The first-order chi connectivity index (χ1) is 1.91. The van der Waals surface area contributed by atoms with Crippen LogP contribution in [0.2, 0.25) is 0 Å². The number of nitrogens with one attached hydrogen (secondary N) is 2. The summed E-state index contributed by atoms with van der Waals surface area (Å²) in [7, 11) is 1.74. The second-order valence-electron chi connectivity index (χ2n) is 0.530. The molecule has 0 atom stereocenters. The third kappa shape index (κ3) is 11.2. The van der Waals surface area contributed by atoms with E-state index in [0.29, 0.717) is 6.67 Å². The molecular weight excluding hydrogens is 141 g/mol. The van der Waals surface area contributed by atoms with Gasteiger partial charge in [0.2, 0.25) is 0 Å². The largest absolute Gasteiger partial charge is 0.665 e. The molecule has 0 bridgehead atoms. The minimum Gasteiger partial charge on any atom is -0.665 e. The Balaban J connectivity index is 0. The van der Waals surface area contributed by atoms with Crippen molar-refractivity contribution in [3.8, 4) is 0 Å². The molecule has 0 spiro atoms. The molecule has 0 aromatic heterocycles. The molecule has 1 radical (unpaired) electrons. The second-order valence-corrected chi connectivity index (χ2v) is 0.530. The predicted octanol–water partition coefficient (Wildman–Crippen LogP) is 0.213. The molecule has 0 aliphatic heterocycles. The summed E-state index contributed by atoms with van der Waals surface area (Å²) < 4.78 is 0. The molecule has 0 rings (SSSR count). The summed E-state index contributed by atoms with van der Waals surface area (Å²) in [5.41, 5.74) is 6.34. The van der Waals surface area contributed by atoms with E-state index in [1.807, 2.05) is 0 Å². The van der Waals surface area contributed by atoms with Crippen molar-refractivity contribution in [2.24, 2.45) is 0 Å². The van der Waals surface area contributed by atoms with Crippen molar-refractivity contribution in [3.05, 3.63) is 5.73 Å². The number of hydrogen-bond acceptors (Lipinski definition) is 1. The first-order valence-electron chi connectivity index (χ1n) is 1.21. The van der Waals surface area contributed by atoms with E-state index < -0.39 is 0 Å². The quantitative estimate of drug-likeness (QED) is 0.566. The molecule has 0 saturated carbocycles. The monoisotopic (exact) mass is 148 g/mol. The van der Waals surface area contributed by atoms with Crippen LogP contribution in [0.15, 0.2) is 0 Å². The van der Waals surface area contributed by atoms with Crippen molar-refractivity contribution >= 4 is 0 Å². The summed E-state index contributed by atoms with van der Waals surface area (Å²) in [4.78, 5) is 0. The first kappa shape index (κ1) is 9.39. The fraction of sp³-hybridized carbons (Fsp3) is 1.00. The smallest absolute Gasteiger partial charge is 0 e. The molecule has 0 unspecified atom stereocenters. The molecule has 5 heavy (non-hydrogen) atoms. The van der Waals surface area contributed by atoms with Crippen LogP contribution < -0.4 is 5.32 Å². The average molecular weight is 148 g/mol. The van der Waals surface area contributed by atoms with Gasteiger partial charge in [-0.05, 0) is 7.05 Å². The van der Waals surface area contributed by atoms with Crippen LogP contribution in [0.5, 0.6) is 0 Å². The zero-order chi connectivity index (χ0) is 3.41. The van der Waals surface area contributed by atoms with Crippen LogP contribution in [0, 0.1) is 0 Å². The molecule has 0 saturated heterocycles. The van der Waals surface area contributed by atoms with Crippen molar-refractivity contribution in [2.45, 2.75) is 0 Å². The normalized spacial score (nSPS) is 6.00. The molecule has 0 heterocycles. The van der Waals surface area contributed by atoms with E-state index >= 15 is 0 Å². The molecular formula is C2H7N2Y-. The molecule has 0 aliphatic rings. The van der Waals surface area contributed by atoms with E-state index in [-0.39, 0.29) is 32.7 Å². The molecule has 2 nitrogen and oxygen atoms in total. The molecule has 0 fully saturated rings. The van der Waals surface area contributed by atoms with Gasteiger partial charge in [-0.2, -0.15) is 0 Å². The molecule has 2 N–H and O–H groups in total. The summed E-state index contributed by atoms with van der Waals surface area (Å²) in [6.07, 6.45) is 0. The van der Waals surface area contributed by atoms with Crippen LogP contribution >= 0.6 is 0 Å². The zero-order valence-corrected chi connectivity index (χ0v) is 6.12. The van der Waals surface area contributed by atoms with Gasteiger partial charge in [0.05, 0.1) is 0 Å². The zero-order valence-electron chi connectivity index (χ0n) is 3.28. The van der Waals surface area contributed by atoms with Crippen molar-refractivity contribution in [1.82, 2.24) is 5.32 Å². The van der Waals surface area contributed by atoms with E-state index in [4.69, 9.17) is 5.73 Å². The van der Waals surface area contributed by atoms with E-state index in [9.17, 15) is 0 Å². The van der Waals surface area contributed by atoms with Crippen LogP contribution in [0.4, 0.5) is 0 Å². The standard InChI is InChI=1S/C2H7N2.Y/c1-4-2-3;/h3-4H,2H2,1H3;/q-1;. The maximum atomic E-state index is 6.34. The summed E-state index contributed by atoms with van der Waals surface area (Å²) in [6.45, 7) is 0.319.